The Bertz CT molecular complexity index is 1180. The number of halogens is 1. The number of benzene rings is 2. The highest BCUT2D eigenvalue weighted by Crippen LogP contribution is 2.50. The van der Waals surface area contributed by atoms with Crippen LogP contribution in [0.25, 0.3) is 11.1 Å². The first-order valence-corrected chi connectivity index (χ1v) is 14.4. The number of carbonyl (C=O) groups is 1. The number of hydrogen-bond donors (Lipinski definition) is 0. The van der Waals surface area contributed by atoms with Gasteiger partial charge in [-0.3, -0.25) is 0 Å². The fourth-order valence-electron chi connectivity index (χ4n) is 7.20. The van der Waals surface area contributed by atoms with Gasteiger partial charge < -0.3 is 24.4 Å². The van der Waals surface area contributed by atoms with E-state index in [2.05, 4.69) is 25.7 Å². The van der Waals surface area contributed by atoms with Crippen LogP contribution in [0.1, 0.15) is 81.2 Å². The van der Waals surface area contributed by atoms with Crippen LogP contribution in [0.4, 0.5) is 9.18 Å². The number of nitrogens with zero attached hydrogens (tertiary/aromatic N) is 2. The van der Waals surface area contributed by atoms with Gasteiger partial charge in [0.1, 0.15) is 17.7 Å². The third-order valence-electron chi connectivity index (χ3n) is 9.29. The van der Waals surface area contributed by atoms with Gasteiger partial charge in [0.25, 0.3) is 0 Å². The SMILES string of the molecule is CCCCOc1c(C)cc(-c2cc3c(cc2F)[C@H](N(C(=O)[O-])[C@@H]2CN4CCC2CC4)C(C)(C)CC3)cc1C. The Kier molecular flexibility index (Phi) is 7.47. The zero-order chi connectivity index (χ0) is 27.2. The minimum Gasteiger partial charge on any atom is -0.530 e. The molecule has 4 aliphatic rings. The van der Waals surface area contributed by atoms with Crippen LogP contribution in [-0.2, 0) is 6.42 Å². The van der Waals surface area contributed by atoms with Gasteiger partial charge >= 0.3 is 0 Å². The second-order valence-electron chi connectivity index (χ2n) is 12.4. The highest BCUT2D eigenvalue weighted by molar-refractivity contribution is 5.70. The molecule has 2 atom stereocenters. The summed E-state index contributed by atoms with van der Waals surface area (Å²) in [6.45, 7) is 13.9. The number of rotatable bonds is 7. The highest BCUT2D eigenvalue weighted by atomic mass is 19.1. The van der Waals surface area contributed by atoms with E-state index in [1.54, 1.807) is 11.0 Å². The summed E-state index contributed by atoms with van der Waals surface area (Å²) >= 11 is 0. The second-order valence-corrected chi connectivity index (χ2v) is 12.4. The van der Waals surface area contributed by atoms with Crippen molar-refractivity contribution in [2.75, 3.05) is 26.2 Å². The number of fused-ring (bicyclic) bond motifs is 4. The molecule has 6 rings (SSSR count). The lowest BCUT2D eigenvalue weighted by Crippen LogP contribution is -2.63. The van der Waals surface area contributed by atoms with Gasteiger partial charge in [0.05, 0.1) is 12.6 Å². The van der Waals surface area contributed by atoms with Gasteiger partial charge in [0.2, 0.25) is 0 Å². The highest BCUT2D eigenvalue weighted by Gasteiger charge is 2.46. The molecule has 206 valence electrons. The van der Waals surface area contributed by atoms with Crippen LogP contribution in [0.2, 0.25) is 0 Å². The Labute approximate surface area is 227 Å². The zero-order valence-electron chi connectivity index (χ0n) is 23.6. The van der Waals surface area contributed by atoms with Gasteiger partial charge in [0, 0.05) is 18.2 Å². The molecule has 6 heteroatoms. The first-order chi connectivity index (χ1) is 18.1. The van der Waals surface area contributed by atoms with Crippen molar-refractivity contribution in [3.8, 4) is 16.9 Å². The summed E-state index contributed by atoms with van der Waals surface area (Å²) < 4.78 is 22.0. The van der Waals surface area contributed by atoms with Gasteiger partial charge in [-0.25, -0.2) is 4.39 Å². The minimum atomic E-state index is -1.14. The molecule has 3 heterocycles. The van der Waals surface area contributed by atoms with Gasteiger partial charge in [-0.05, 0) is 122 Å². The summed E-state index contributed by atoms with van der Waals surface area (Å²) in [5.41, 5.74) is 4.91. The lowest BCUT2D eigenvalue weighted by molar-refractivity contribution is -0.277. The standard InChI is InChI=1S/C32H43FN2O3/c1-6-7-14-38-29-20(2)15-24(16-21(29)3)25-17-23-8-11-32(4,5)30(26(23)18-27(25)33)35(31(36)37)28-19-34-12-9-22(28)10-13-34/h15-18,22,28,30H,6-14,19H2,1-5H3,(H,36,37)/p-1/t28-,30+/m1/s1. The number of carboxylic acid groups (broad SMARTS) is 1. The van der Waals surface area contributed by atoms with Crippen LogP contribution in [0, 0.1) is 31.0 Å². The van der Waals surface area contributed by atoms with Crippen molar-refractivity contribution in [2.45, 2.75) is 85.2 Å². The number of carbonyl (C=O) groups excluding carboxylic acids is 1. The van der Waals surface area contributed by atoms with Crippen LogP contribution in [0.15, 0.2) is 24.3 Å². The molecular weight excluding hydrogens is 479 g/mol. The maximum atomic E-state index is 15.9. The van der Waals surface area contributed by atoms with E-state index in [4.69, 9.17) is 4.74 Å². The van der Waals surface area contributed by atoms with Gasteiger partial charge in [0.15, 0.2) is 0 Å². The number of hydrogen-bond acceptors (Lipinski definition) is 4. The third kappa shape index (κ3) is 4.92. The average Bonchev–Trinajstić information content (AvgIpc) is 2.87. The lowest BCUT2D eigenvalue weighted by Gasteiger charge is -2.56. The van der Waals surface area contributed by atoms with Gasteiger partial charge in [-0.15, -0.1) is 0 Å². The fourth-order valence-corrected chi connectivity index (χ4v) is 7.20. The Balaban J connectivity index is 1.53. The van der Waals surface area contributed by atoms with Crippen molar-refractivity contribution in [3.63, 3.8) is 0 Å². The van der Waals surface area contributed by atoms with Crippen LogP contribution < -0.4 is 9.84 Å². The normalized spacial score (nSPS) is 25.6. The Hall–Kier alpha value is -2.60. The molecule has 5 nitrogen and oxygen atoms in total. The molecule has 3 saturated heterocycles. The maximum Gasteiger partial charge on any atom is 0.137 e. The fraction of sp³-hybridized carbons (Fsp3) is 0.594. The smallest absolute Gasteiger partial charge is 0.137 e. The van der Waals surface area contributed by atoms with Crippen LogP contribution in [0.3, 0.4) is 0 Å². The number of unbranched alkanes of at least 4 members (excludes halogenated alkanes) is 1. The first kappa shape index (κ1) is 27.0. The summed E-state index contributed by atoms with van der Waals surface area (Å²) in [5, 5.41) is 12.7. The van der Waals surface area contributed by atoms with Crippen molar-refractivity contribution >= 4 is 6.09 Å². The average molecular weight is 522 g/mol. The van der Waals surface area contributed by atoms with Crippen LogP contribution in [0.5, 0.6) is 5.75 Å². The maximum absolute atomic E-state index is 15.9. The Morgan fingerprint density at radius 1 is 1.16 bits per heavy atom. The van der Waals surface area contributed by atoms with Crippen molar-refractivity contribution in [2.24, 2.45) is 11.3 Å². The lowest BCUT2D eigenvalue weighted by atomic mass is 9.68. The molecule has 2 aromatic rings. The van der Waals surface area contributed by atoms with E-state index in [0.29, 0.717) is 18.1 Å². The summed E-state index contributed by atoms with van der Waals surface area (Å²) in [5.74, 6) is 0.911. The second kappa shape index (κ2) is 10.5. The molecule has 2 aromatic carbocycles. The predicted molar refractivity (Wildman–Crippen MR) is 147 cm³/mol. The van der Waals surface area contributed by atoms with E-state index in [1.807, 2.05) is 32.0 Å². The summed E-state index contributed by atoms with van der Waals surface area (Å²) in [6, 6.07) is 7.05. The van der Waals surface area contributed by atoms with E-state index in [9.17, 15) is 9.90 Å². The molecule has 0 saturated carbocycles. The molecule has 38 heavy (non-hydrogen) atoms. The molecule has 2 bridgehead atoms. The molecule has 1 aliphatic carbocycles. The monoisotopic (exact) mass is 521 g/mol. The molecule has 0 unspecified atom stereocenters. The van der Waals surface area contributed by atoms with E-state index < -0.39 is 12.1 Å². The van der Waals surface area contributed by atoms with Gasteiger partial charge in [-0.2, -0.15) is 0 Å². The molecule has 0 spiro atoms. The van der Waals surface area contributed by atoms with Crippen LogP contribution in [-0.4, -0.2) is 48.2 Å². The Morgan fingerprint density at radius 3 is 2.42 bits per heavy atom. The Morgan fingerprint density at radius 2 is 1.84 bits per heavy atom. The summed E-state index contributed by atoms with van der Waals surface area (Å²) in [7, 11) is 0. The topological polar surface area (TPSA) is 55.8 Å². The van der Waals surface area contributed by atoms with Crippen molar-refractivity contribution in [3.05, 3.63) is 52.3 Å². The first-order valence-electron chi connectivity index (χ1n) is 14.4. The molecule has 1 amide bonds. The molecule has 0 aromatic heterocycles. The molecule has 0 N–H and O–H groups in total. The van der Waals surface area contributed by atoms with Crippen molar-refractivity contribution in [1.82, 2.24) is 9.80 Å². The molecule has 0 radical (unpaired) electrons. The summed E-state index contributed by atoms with van der Waals surface area (Å²) in [4.78, 5) is 16.7. The number of aryl methyl sites for hydroxylation is 3. The van der Waals surface area contributed by atoms with E-state index >= 15 is 4.39 Å². The van der Waals surface area contributed by atoms with Crippen molar-refractivity contribution < 1.29 is 19.0 Å². The number of amides is 1. The molecule has 3 fully saturated rings. The van der Waals surface area contributed by atoms with E-state index in [1.165, 1.54) is 0 Å². The molecule has 3 aliphatic heterocycles. The largest absolute Gasteiger partial charge is 0.530 e. The van der Waals surface area contributed by atoms with E-state index in [-0.39, 0.29) is 17.3 Å². The predicted octanol–water partition coefficient (Wildman–Crippen LogP) is 6.04. The minimum absolute atomic E-state index is 0.106. The number of ether oxygens (including phenoxy) is 1. The van der Waals surface area contributed by atoms with E-state index in [0.717, 1.165) is 91.7 Å². The number of piperidine rings is 3. The quantitative estimate of drug-likeness (QED) is 0.417. The zero-order valence-corrected chi connectivity index (χ0v) is 23.6. The van der Waals surface area contributed by atoms with Crippen molar-refractivity contribution in [1.29, 1.82) is 0 Å². The van der Waals surface area contributed by atoms with Gasteiger partial charge in [-0.1, -0.05) is 27.2 Å². The third-order valence-corrected chi connectivity index (χ3v) is 9.29. The molecular formula is C32H42FN2O3-. The summed E-state index contributed by atoms with van der Waals surface area (Å²) in [6.07, 6.45) is 4.59. The van der Waals surface area contributed by atoms with Crippen LogP contribution >= 0.6 is 0 Å².